The van der Waals surface area contributed by atoms with Gasteiger partial charge in [-0.25, -0.2) is 0 Å². The molecule has 2 aromatic heterocycles. The van der Waals surface area contributed by atoms with E-state index in [1.165, 1.54) is 107 Å². The Morgan fingerprint density at radius 1 is 0.472 bits per heavy atom. The third-order valence-electron chi connectivity index (χ3n) is 8.46. The van der Waals surface area contributed by atoms with Gasteiger partial charge in [-0.2, -0.15) is 0 Å². The third kappa shape index (κ3) is 3.46. The predicted molar refractivity (Wildman–Crippen MR) is 154 cm³/mol. The minimum atomic E-state index is 0.551. The molecule has 7 rings (SSSR count). The molecule has 0 saturated heterocycles. The predicted octanol–water partition coefficient (Wildman–Crippen LogP) is 9.96. The Bertz CT molecular complexity index is 1660. The Morgan fingerprint density at radius 2 is 1.08 bits per heavy atom. The van der Waals surface area contributed by atoms with Gasteiger partial charge in [0, 0.05) is 38.8 Å². The van der Waals surface area contributed by atoms with Crippen molar-refractivity contribution < 1.29 is 0 Å². The minimum absolute atomic E-state index is 0.551. The molecular formula is C34H34N2. The fourth-order valence-electron chi connectivity index (χ4n) is 6.82. The molecule has 1 aliphatic carbocycles. The minimum Gasteiger partial charge on any atom is -0.337 e. The van der Waals surface area contributed by atoms with E-state index >= 15 is 0 Å². The summed E-state index contributed by atoms with van der Waals surface area (Å²) in [7, 11) is 0. The van der Waals surface area contributed by atoms with E-state index < -0.39 is 0 Å². The highest BCUT2D eigenvalue weighted by Gasteiger charge is 2.23. The molecule has 180 valence electrons. The molecule has 0 atom stereocenters. The molecule has 0 spiro atoms. The van der Waals surface area contributed by atoms with Gasteiger partial charge in [0.2, 0.25) is 0 Å². The van der Waals surface area contributed by atoms with Crippen LogP contribution in [-0.4, -0.2) is 9.13 Å². The smallest absolute Gasteiger partial charge is 0.0595 e. The quantitative estimate of drug-likeness (QED) is 0.238. The van der Waals surface area contributed by atoms with Gasteiger partial charge in [0.15, 0.2) is 0 Å². The van der Waals surface area contributed by atoms with Gasteiger partial charge in [0.25, 0.3) is 0 Å². The van der Waals surface area contributed by atoms with Crippen LogP contribution in [0.4, 0.5) is 0 Å². The summed E-state index contributed by atoms with van der Waals surface area (Å²) < 4.78 is 5.22. The van der Waals surface area contributed by atoms with Gasteiger partial charge in [0.1, 0.15) is 0 Å². The van der Waals surface area contributed by atoms with Gasteiger partial charge in [-0.3, -0.25) is 0 Å². The van der Waals surface area contributed by atoms with Crippen molar-refractivity contribution in [1.82, 2.24) is 9.13 Å². The summed E-state index contributed by atoms with van der Waals surface area (Å²) in [6.45, 7) is 0. The number of hydrogen-bond donors (Lipinski definition) is 0. The van der Waals surface area contributed by atoms with Gasteiger partial charge in [-0.15, -0.1) is 0 Å². The highest BCUT2D eigenvalue weighted by Crippen LogP contribution is 2.43. The lowest BCUT2D eigenvalue weighted by Gasteiger charge is -2.23. The van der Waals surface area contributed by atoms with E-state index in [1.807, 2.05) is 0 Å². The van der Waals surface area contributed by atoms with Crippen LogP contribution in [0.3, 0.4) is 0 Å². The van der Waals surface area contributed by atoms with Crippen molar-refractivity contribution in [3.8, 4) is 5.69 Å². The van der Waals surface area contributed by atoms with E-state index in [1.54, 1.807) is 0 Å². The molecule has 2 heteroatoms. The zero-order valence-corrected chi connectivity index (χ0v) is 21.0. The average molecular weight is 471 g/mol. The summed E-state index contributed by atoms with van der Waals surface area (Å²) in [6, 6.07) is 34.2. The standard InChI is InChI=1S/C34H34N2/c1-2-4-7-17-26(18-8-5-3-1)36-30-21-13-11-19-27(30)28-23-24-32-33(34(28)36)29-20-12-14-22-31(29)35(32)25-15-9-6-10-16-25/h6,9-16,19-24,26H,1-5,7-8,17-18H2. The van der Waals surface area contributed by atoms with Crippen LogP contribution in [0.25, 0.3) is 49.3 Å². The summed E-state index contributed by atoms with van der Waals surface area (Å²) in [4.78, 5) is 0. The Morgan fingerprint density at radius 3 is 1.83 bits per heavy atom. The fourth-order valence-corrected chi connectivity index (χ4v) is 6.82. The van der Waals surface area contributed by atoms with Gasteiger partial charge in [-0.05, 0) is 43.2 Å². The molecule has 1 fully saturated rings. The maximum Gasteiger partial charge on any atom is 0.0595 e. The van der Waals surface area contributed by atoms with Crippen molar-refractivity contribution in [2.45, 2.75) is 63.8 Å². The number of fused-ring (bicyclic) bond motifs is 7. The first kappa shape index (κ1) is 21.7. The van der Waals surface area contributed by atoms with Crippen molar-refractivity contribution >= 4 is 43.6 Å². The maximum absolute atomic E-state index is 2.76. The van der Waals surface area contributed by atoms with Crippen molar-refractivity contribution in [1.29, 1.82) is 0 Å². The number of para-hydroxylation sites is 3. The SMILES string of the molecule is c1ccc(-n2c3ccccc3c3c2ccc2c4ccccc4n(C4CCCCCCCCC4)c23)cc1. The molecule has 6 aromatic rings. The molecule has 0 amide bonds. The molecule has 2 nitrogen and oxygen atoms in total. The molecule has 0 aliphatic heterocycles. The summed E-state index contributed by atoms with van der Waals surface area (Å²) >= 11 is 0. The van der Waals surface area contributed by atoms with E-state index in [2.05, 4.69) is 100 Å². The van der Waals surface area contributed by atoms with Gasteiger partial charge < -0.3 is 9.13 Å². The van der Waals surface area contributed by atoms with Crippen LogP contribution in [-0.2, 0) is 0 Å². The maximum atomic E-state index is 2.76. The first-order chi connectivity index (χ1) is 17.9. The zero-order valence-electron chi connectivity index (χ0n) is 21.0. The Labute approximate surface area is 213 Å². The molecule has 1 aliphatic rings. The molecule has 2 heterocycles. The van der Waals surface area contributed by atoms with Gasteiger partial charge >= 0.3 is 0 Å². The fraction of sp³-hybridized carbons (Fsp3) is 0.294. The monoisotopic (exact) mass is 470 g/mol. The Hall–Kier alpha value is -3.52. The summed E-state index contributed by atoms with van der Waals surface area (Å²) in [5.41, 5.74) is 6.65. The Balaban J connectivity index is 1.58. The molecule has 4 aromatic carbocycles. The molecule has 0 unspecified atom stereocenters. The number of benzene rings is 4. The van der Waals surface area contributed by atoms with Gasteiger partial charge in [0.05, 0.1) is 16.6 Å². The summed E-state index contributed by atoms with van der Waals surface area (Å²) in [5, 5.41) is 5.54. The third-order valence-corrected chi connectivity index (χ3v) is 8.46. The molecule has 0 bridgehead atoms. The highest BCUT2D eigenvalue weighted by atomic mass is 15.0. The zero-order chi connectivity index (χ0) is 23.9. The first-order valence-electron chi connectivity index (χ1n) is 13.9. The van der Waals surface area contributed by atoms with Crippen LogP contribution in [0, 0.1) is 0 Å². The van der Waals surface area contributed by atoms with Gasteiger partial charge in [-0.1, -0.05) is 106 Å². The normalized spacial score (nSPS) is 16.3. The van der Waals surface area contributed by atoms with Crippen LogP contribution in [0.1, 0.15) is 63.8 Å². The second-order valence-corrected chi connectivity index (χ2v) is 10.6. The van der Waals surface area contributed by atoms with Crippen LogP contribution in [0.15, 0.2) is 91.0 Å². The molecule has 0 N–H and O–H groups in total. The largest absolute Gasteiger partial charge is 0.337 e. The van der Waals surface area contributed by atoms with E-state index in [-0.39, 0.29) is 0 Å². The molecule has 36 heavy (non-hydrogen) atoms. The van der Waals surface area contributed by atoms with E-state index in [0.29, 0.717) is 6.04 Å². The number of aromatic nitrogens is 2. The molecular weight excluding hydrogens is 436 g/mol. The molecule has 1 saturated carbocycles. The van der Waals surface area contributed by atoms with Crippen molar-refractivity contribution in [3.05, 3.63) is 91.0 Å². The van der Waals surface area contributed by atoms with E-state index in [9.17, 15) is 0 Å². The van der Waals surface area contributed by atoms with Crippen molar-refractivity contribution in [2.24, 2.45) is 0 Å². The van der Waals surface area contributed by atoms with Crippen LogP contribution in [0.2, 0.25) is 0 Å². The number of rotatable bonds is 2. The first-order valence-corrected chi connectivity index (χ1v) is 13.9. The summed E-state index contributed by atoms with van der Waals surface area (Å²) in [5.74, 6) is 0. The molecule has 0 radical (unpaired) electrons. The Kier molecular flexibility index (Phi) is 5.54. The van der Waals surface area contributed by atoms with Crippen molar-refractivity contribution in [2.75, 3.05) is 0 Å². The second kappa shape index (κ2) is 9.17. The van der Waals surface area contributed by atoms with Crippen LogP contribution >= 0.6 is 0 Å². The van der Waals surface area contributed by atoms with E-state index in [4.69, 9.17) is 0 Å². The lowest BCUT2D eigenvalue weighted by atomic mass is 9.97. The topological polar surface area (TPSA) is 9.86 Å². The van der Waals surface area contributed by atoms with Crippen molar-refractivity contribution in [3.63, 3.8) is 0 Å². The average Bonchev–Trinajstić information content (AvgIpc) is 3.45. The number of nitrogens with zero attached hydrogens (tertiary/aromatic N) is 2. The van der Waals surface area contributed by atoms with E-state index in [0.717, 1.165) is 0 Å². The lowest BCUT2D eigenvalue weighted by Crippen LogP contribution is -2.10. The number of hydrogen-bond acceptors (Lipinski definition) is 0. The lowest BCUT2D eigenvalue weighted by molar-refractivity contribution is 0.396. The highest BCUT2D eigenvalue weighted by molar-refractivity contribution is 6.25. The van der Waals surface area contributed by atoms with Crippen LogP contribution in [0.5, 0.6) is 0 Å². The second-order valence-electron chi connectivity index (χ2n) is 10.6. The van der Waals surface area contributed by atoms with Crippen LogP contribution < -0.4 is 0 Å². The summed E-state index contributed by atoms with van der Waals surface area (Å²) in [6.07, 6.45) is 12.2.